The molecule has 1 N–H and O–H groups in total. The van der Waals surface area contributed by atoms with Crippen LogP contribution in [-0.4, -0.2) is 47.1 Å². The van der Waals surface area contributed by atoms with Crippen LogP contribution in [0.5, 0.6) is 11.5 Å². The standard InChI is InChI=1S/C30H28N2O7S/c1-5-13-38-29(36)27-17(4)31-30(40-27)32-24(20-9-7-8-10-22(20)37-6-2)23(26(34)28(32)35)25(33)18-11-12-21-19(15-18)14-16(3)39-21/h5,7-12,15-16,24,33H,1,6,13-14H2,2-4H3. The first-order chi connectivity index (χ1) is 19.2. The number of hydrogen-bond acceptors (Lipinski definition) is 9. The summed E-state index contributed by atoms with van der Waals surface area (Å²) in [5.41, 5.74) is 2.02. The van der Waals surface area contributed by atoms with E-state index < -0.39 is 23.7 Å². The number of para-hydroxylation sites is 1. The average Bonchev–Trinajstić information content (AvgIpc) is 3.59. The van der Waals surface area contributed by atoms with Gasteiger partial charge in [-0.2, -0.15) is 0 Å². The molecule has 3 aromatic rings. The smallest absolute Gasteiger partial charge is 0.350 e. The maximum absolute atomic E-state index is 13.6. The molecular weight excluding hydrogens is 532 g/mol. The minimum atomic E-state index is -1.06. The van der Waals surface area contributed by atoms with Crippen LogP contribution in [0.4, 0.5) is 5.13 Å². The van der Waals surface area contributed by atoms with Crippen LogP contribution < -0.4 is 14.4 Å². The van der Waals surface area contributed by atoms with Crippen molar-refractivity contribution < 1.29 is 33.7 Å². The molecule has 1 amide bonds. The quantitative estimate of drug-likeness (QED) is 0.132. The first-order valence-electron chi connectivity index (χ1n) is 12.8. The zero-order chi connectivity index (χ0) is 28.6. The van der Waals surface area contributed by atoms with Gasteiger partial charge in [-0.25, -0.2) is 9.78 Å². The molecule has 0 aliphatic carbocycles. The molecule has 0 spiro atoms. The Balaban J connectivity index is 1.68. The highest BCUT2D eigenvalue weighted by molar-refractivity contribution is 7.17. The number of amides is 1. The molecule has 1 fully saturated rings. The van der Waals surface area contributed by atoms with Crippen LogP contribution in [0.3, 0.4) is 0 Å². The molecule has 3 heterocycles. The summed E-state index contributed by atoms with van der Waals surface area (Å²) in [6, 6.07) is 11.1. The molecule has 2 atom stereocenters. The molecule has 0 bridgehead atoms. The third-order valence-electron chi connectivity index (χ3n) is 6.64. The Kier molecular flexibility index (Phi) is 7.44. The van der Waals surface area contributed by atoms with Crippen LogP contribution in [0.15, 0.2) is 60.7 Å². The number of benzene rings is 2. The first-order valence-corrected chi connectivity index (χ1v) is 13.6. The molecule has 1 saturated heterocycles. The number of esters is 1. The van der Waals surface area contributed by atoms with E-state index in [1.807, 2.05) is 13.8 Å². The number of aliphatic hydroxyl groups excluding tert-OH is 1. The van der Waals surface area contributed by atoms with E-state index in [0.29, 0.717) is 35.6 Å². The highest BCUT2D eigenvalue weighted by atomic mass is 32.1. The number of Topliss-reactive ketones (excluding diaryl/α,β-unsaturated/α-hetero) is 1. The second-order valence-corrected chi connectivity index (χ2v) is 10.4. The third-order valence-corrected chi connectivity index (χ3v) is 7.77. The molecule has 0 saturated carbocycles. The molecule has 206 valence electrons. The molecule has 9 nitrogen and oxygen atoms in total. The number of hydrogen-bond donors (Lipinski definition) is 1. The number of aryl methyl sites for hydroxylation is 1. The minimum Gasteiger partial charge on any atom is -0.507 e. The second kappa shape index (κ2) is 11.0. The topological polar surface area (TPSA) is 115 Å². The number of rotatable bonds is 8. The SMILES string of the molecule is C=CCOC(=O)c1sc(N2C(=O)C(=O)C(=C(O)c3ccc4c(c3)CC(C)O4)C2c2ccccc2OCC)nc1C. The predicted octanol–water partition coefficient (Wildman–Crippen LogP) is 5.14. The van der Waals surface area contributed by atoms with E-state index in [4.69, 9.17) is 14.2 Å². The normalized spacial score (nSPS) is 19.3. The number of ether oxygens (including phenoxy) is 3. The predicted molar refractivity (Wildman–Crippen MR) is 150 cm³/mol. The molecule has 10 heteroatoms. The lowest BCUT2D eigenvalue weighted by atomic mass is 9.94. The van der Waals surface area contributed by atoms with E-state index in [2.05, 4.69) is 11.6 Å². The van der Waals surface area contributed by atoms with Gasteiger partial charge in [-0.3, -0.25) is 14.5 Å². The molecule has 2 aliphatic rings. The summed E-state index contributed by atoms with van der Waals surface area (Å²) < 4.78 is 16.8. The van der Waals surface area contributed by atoms with Gasteiger partial charge in [-0.05, 0) is 50.6 Å². The second-order valence-electron chi connectivity index (χ2n) is 9.39. The van der Waals surface area contributed by atoms with E-state index >= 15 is 0 Å². The van der Waals surface area contributed by atoms with Crippen molar-refractivity contribution >= 4 is 39.9 Å². The number of carbonyl (C=O) groups excluding carboxylic acids is 3. The summed E-state index contributed by atoms with van der Waals surface area (Å²) in [5.74, 6) is -1.52. The molecule has 40 heavy (non-hydrogen) atoms. The number of ketones is 1. The van der Waals surface area contributed by atoms with Crippen LogP contribution in [0.25, 0.3) is 5.76 Å². The summed E-state index contributed by atoms with van der Waals surface area (Å²) in [4.78, 5) is 45.7. The van der Waals surface area contributed by atoms with Crippen molar-refractivity contribution in [3.8, 4) is 11.5 Å². The van der Waals surface area contributed by atoms with Gasteiger partial charge in [0.25, 0.3) is 5.78 Å². The Morgan fingerprint density at radius 2 is 2.05 bits per heavy atom. The number of aliphatic hydroxyl groups is 1. The fraction of sp³-hybridized carbons (Fsp3) is 0.267. The van der Waals surface area contributed by atoms with E-state index in [1.165, 1.54) is 11.0 Å². The maximum Gasteiger partial charge on any atom is 0.350 e. The van der Waals surface area contributed by atoms with Crippen molar-refractivity contribution in [2.24, 2.45) is 0 Å². The summed E-state index contributed by atoms with van der Waals surface area (Å²) in [7, 11) is 0. The van der Waals surface area contributed by atoms with E-state index in [0.717, 1.165) is 22.6 Å². The fourth-order valence-electron chi connectivity index (χ4n) is 4.92. The lowest BCUT2D eigenvalue weighted by molar-refractivity contribution is -0.132. The van der Waals surface area contributed by atoms with Crippen LogP contribution in [0.2, 0.25) is 0 Å². The zero-order valence-electron chi connectivity index (χ0n) is 22.3. The Labute approximate surface area is 235 Å². The van der Waals surface area contributed by atoms with Gasteiger partial charge in [0.2, 0.25) is 0 Å². The molecule has 1 aromatic heterocycles. The first kappa shape index (κ1) is 27.1. The van der Waals surface area contributed by atoms with E-state index in [-0.39, 0.29) is 34.1 Å². The maximum atomic E-state index is 13.6. The Morgan fingerprint density at radius 3 is 2.80 bits per heavy atom. The molecular formula is C30H28N2O7S. The van der Waals surface area contributed by atoms with Crippen LogP contribution >= 0.6 is 11.3 Å². The Bertz CT molecular complexity index is 1560. The fourth-order valence-corrected chi connectivity index (χ4v) is 5.90. The van der Waals surface area contributed by atoms with Gasteiger partial charge >= 0.3 is 11.9 Å². The highest BCUT2D eigenvalue weighted by Gasteiger charge is 2.49. The molecule has 5 rings (SSSR count). The van der Waals surface area contributed by atoms with Crippen molar-refractivity contribution in [2.45, 2.75) is 39.3 Å². The van der Waals surface area contributed by atoms with Gasteiger partial charge in [-0.15, -0.1) is 0 Å². The average molecular weight is 561 g/mol. The molecule has 2 aromatic carbocycles. The summed E-state index contributed by atoms with van der Waals surface area (Å²) in [6.45, 7) is 9.31. The number of carbonyl (C=O) groups is 3. The van der Waals surface area contributed by atoms with E-state index in [9.17, 15) is 19.5 Å². The lowest BCUT2D eigenvalue weighted by Crippen LogP contribution is -2.29. The number of fused-ring (bicyclic) bond motifs is 1. The van der Waals surface area contributed by atoms with Gasteiger partial charge in [-0.1, -0.05) is 42.2 Å². The molecule has 0 radical (unpaired) electrons. The van der Waals surface area contributed by atoms with Crippen LogP contribution in [0.1, 0.15) is 51.9 Å². The monoisotopic (exact) mass is 560 g/mol. The summed E-state index contributed by atoms with van der Waals surface area (Å²) in [6.07, 6.45) is 2.10. The lowest BCUT2D eigenvalue weighted by Gasteiger charge is -2.24. The van der Waals surface area contributed by atoms with Crippen molar-refractivity contribution in [1.29, 1.82) is 0 Å². The summed E-state index contributed by atoms with van der Waals surface area (Å²) >= 11 is 0.936. The van der Waals surface area contributed by atoms with Gasteiger partial charge < -0.3 is 19.3 Å². The van der Waals surface area contributed by atoms with Gasteiger partial charge in [0.15, 0.2) is 5.13 Å². The number of thiazole rings is 1. The number of aromatic nitrogens is 1. The third kappa shape index (κ3) is 4.75. The molecule has 2 unspecified atom stereocenters. The van der Waals surface area contributed by atoms with Crippen molar-refractivity contribution in [2.75, 3.05) is 18.1 Å². The van der Waals surface area contributed by atoms with Crippen molar-refractivity contribution in [3.05, 3.63) is 88.0 Å². The van der Waals surface area contributed by atoms with Crippen molar-refractivity contribution in [1.82, 2.24) is 4.98 Å². The van der Waals surface area contributed by atoms with E-state index in [1.54, 1.807) is 49.4 Å². The summed E-state index contributed by atoms with van der Waals surface area (Å²) in [5, 5.41) is 11.7. The minimum absolute atomic E-state index is 0.00319. The van der Waals surface area contributed by atoms with Gasteiger partial charge in [0.05, 0.1) is 17.9 Å². The van der Waals surface area contributed by atoms with Gasteiger partial charge in [0, 0.05) is 17.5 Å². The zero-order valence-corrected chi connectivity index (χ0v) is 23.1. The Morgan fingerprint density at radius 1 is 1.27 bits per heavy atom. The van der Waals surface area contributed by atoms with Gasteiger partial charge in [0.1, 0.15) is 40.9 Å². The highest BCUT2D eigenvalue weighted by Crippen LogP contribution is 2.46. The largest absolute Gasteiger partial charge is 0.507 e. The number of nitrogens with zero attached hydrogens (tertiary/aromatic N) is 2. The Hall–Kier alpha value is -4.44. The van der Waals surface area contributed by atoms with Crippen LogP contribution in [-0.2, 0) is 20.7 Å². The van der Waals surface area contributed by atoms with Crippen LogP contribution in [0, 0.1) is 6.92 Å². The number of anilines is 1. The molecule has 2 aliphatic heterocycles. The van der Waals surface area contributed by atoms with Crippen molar-refractivity contribution in [3.63, 3.8) is 0 Å².